The third kappa shape index (κ3) is 3.94. The molecule has 1 amide bonds. The molecule has 0 spiro atoms. The summed E-state index contributed by atoms with van der Waals surface area (Å²) in [5.41, 5.74) is 2.34. The van der Waals surface area contributed by atoms with Crippen LogP contribution in [0.1, 0.15) is 17.0 Å². The Balaban J connectivity index is 1.76. The highest BCUT2D eigenvalue weighted by molar-refractivity contribution is 6.31. The fraction of sp³-hybridized carbons (Fsp3) is 0.111. The zero-order chi connectivity index (χ0) is 18.7. The Bertz CT molecular complexity index is 999. The number of hydrogen-bond donors (Lipinski definition) is 1. The van der Waals surface area contributed by atoms with Gasteiger partial charge in [0, 0.05) is 16.8 Å². The van der Waals surface area contributed by atoms with Crippen LogP contribution in [0.15, 0.2) is 42.5 Å². The predicted octanol–water partition coefficient (Wildman–Crippen LogP) is 3.72. The van der Waals surface area contributed by atoms with E-state index in [1.165, 1.54) is 29.0 Å². The van der Waals surface area contributed by atoms with Crippen molar-refractivity contribution in [3.63, 3.8) is 0 Å². The van der Waals surface area contributed by atoms with Gasteiger partial charge in [-0.3, -0.25) is 4.79 Å². The Labute approximate surface area is 154 Å². The molecule has 0 saturated carbocycles. The van der Waals surface area contributed by atoms with Crippen LogP contribution >= 0.6 is 11.6 Å². The van der Waals surface area contributed by atoms with Crippen molar-refractivity contribution in [3.05, 3.63) is 70.3 Å². The van der Waals surface area contributed by atoms with Gasteiger partial charge in [-0.1, -0.05) is 23.7 Å². The van der Waals surface area contributed by atoms with Crippen LogP contribution in [0, 0.1) is 19.7 Å². The summed E-state index contributed by atoms with van der Waals surface area (Å²) >= 11 is 6.06. The summed E-state index contributed by atoms with van der Waals surface area (Å²) < 4.78 is 15.3. The number of anilines is 1. The Hall–Kier alpha value is -3.06. The van der Waals surface area contributed by atoms with Crippen LogP contribution in [-0.4, -0.2) is 26.1 Å². The van der Waals surface area contributed by atoms with E-state index in [-0.39, 0.29) is 11.6 Å². The van der Waals surface area contributed by atoms with E-state index in [0.717, 1.165) is 11.1 Å². The topological polar surface area (TPSA) is 72.7 Å². The predicted molar refractivity (Wildman–Crippen MR) is 97.7 cm³/mol. The fourth-order valence-corrected chi connectivity index (χ4v) is 2.46. The molecule has 0 aliphatic heterocycles. The average molecular weight is 372 g/mol. The van der Waals surface area contributed by atoms with Crippen molar-refractivity contribution in [1.29, 1.82) is 0 Å². The minimum absolute atomic E-state index is 0.152. The van der Waals surface area contributed by atoms with Gasteiger partial charge in [0.15, 0.2) is 5.82 Å². The van der Waals surface area contributed by atoms with Gasteiger partial charge in [-0.2, -0.15) is 4.68 Å². The van der Waals surface area contributed by atoms with Gasteiger partial charge >= 0.3 is 0 Å². The second kappa shape index (κ2) is 7.45. The molecule has 0 aliphatic rings. The van der Waals surface area contributed by atoms with E-state index in [1.54, 1.807) is 19.1 Å². The highest BCUT2D eigenvalue weighted by Gasteiger charge is 2.11. The summed E-state index contributed by atoms with van der Waals surface area (Å²) in [4.78, 5) is 12.1. The summed E-state index contributed by atoms with van der Waals surface area (Å²) in [7, 11) is 0. The third-order valence-corrected chi connectivity index (χ3v) is 4.10. The fourth-order valence-electron chi connectivity index (χ4n) is 2.28. The van der Waals surface area contributed by atoms with Gasteiger partial charge in [-0.05, 0) is 65.7 Å². The van der Waals surface area contributed by atoms with Gasteiger partial charge in [0.1, 0.15) is 11.5 Å². The van der Waals surface area contributed by atoms with Crippen molar-refractivity contribution in [2.45, 2.75) is 13.8 Å². The molecule has 1 aromatic heterocycles. The molecule has 0 unspecified atom stereocenters. The summed E-state index contributed by atoms with van der Waals surface area (Å²) in [5, 5.41) is 14.3. The maximum atomic E-state index is 14.0. The number of benzene rings is 2. The molecule has 0 radical (unpaired) electrons. The largest absolute Gasteiger partial charge is 0.322 e. The van der Waals surface area contributed by atoms with E-state index in [2.05, 4.69) is 20.8 Å². The molecule has 6 nitrogen and oxygen atoms in total. The quantitative estimate of drug-likeness (QED) is 0.709. The highest BCUT2D eigenvalue weighted by Crippen LogP contribution is 2.20. The lowest BCUT2D eigenvalue weighted by Crippen LogP contribution is -2.09. The number of halogens is 2. The van der Waals surface area contributed by atoms with Crippen molar-refractivity contribution in [1.82, 2.24) is 20.2 Å². The second-order valence-electron chi connectivity index (χ2n) is 5.64. The molecule has 3 aromatic rings. The number of amides is 1. The zero-order valence-electron chi connectivity index (χ0n) is 14.1. The van der Waals surface area contributed by atoms with Crippen LogP contribution in [-0.2, 0) is 4.79 Å². The number of aryl methyl sites for hydroxylation is 2. The third-order valence-electron chi connectivity index (χ3n) is 3.69. The van der Waals surface area contributed by atoms with Gasteiger partial charge in [0.25, 0.3) is 0 Å². The monoisotopic (exact) mass is 371 g/mol. The number of rotatable bonds is 4. The maximum Gasteiger partial charge on any atom is 0.248 e. The average Bonchev–Trinajstić information content (AvgIpc) is 3.03. The minimum Gasteiger partial charge on any atom is -0.322 e. The molecule has 1 N–H and O–H groups in total. The first-order chi connectivity index (χ1) is 12.4. The van der Waals surface area contributed by atoms with Crippen LogP contribution in [0.25, 0.3) is 11.8 Å². The minimum atomic E-state index is -0.497. The van der Waals surface area contributed by atoms with Crippen LogP contribution in [0.3, 0.4) is 0 Å². The van der Waals surface area contributed by atoms with E-state index >= 15 is 0 Å². The molecule has 0 aliphatic carbocycles. The number of tetrazole rings is 1. The molecular formula is C18H15ClFN5O. The smallest absolute Gasteiger partial charge is 0.248 e. The molecule has 1 heterocycles. The van der Waals surface area contributed by atoms with Gasteiger partial charge in [-0.25, -0.2) is 4.39 Å². The van der Waals surface area contributed by atoms with Crippen LogP contribution in [0.5, 0.6) is 0 Å². The summed E-state index contributed by atoms with van der Waals surface area (Å²) in [6.07, 6.45) is 3.03. The number of aromatic nitrogens is 4. The molecule has 0 atom stereocenters. The standard InChI is InChI=1S/C18H15ClFN5O/c1-11-3-4-13(9-15(11)19)5-8-18(26)21-14-6-7-16(20)17(10-14)25-12(2)22-23-24-25/h3-10H,1-2H3,(H,21,26)/b8-5+. The molecule has 26 heavy (non-hydrogen) atoms. The Kier molecular flexibility index (Phi) is 5.09. The molecule has 0 fully saturated rings. The van der Waals surface area contributed by atoms with Crippen LogP contribution in [0.2, 0.25) is 5.02 Å². The first kappa shape index (κ1) is 17.8. The van der Waals surface area contributed by atoms with Gasteiger partial charge < -0.3 is 5.32 Å². The molecule has 3 rings (SSSR count). The van der Waals surface area contributed by atoms with Crippen molar-refractivity contribution in [2.75, 3.05) is 5.32 Å². The molecule has 0 bridgehead atoms. The SMILES string of the molecule is Cc1ccc(/C=C/C(=O)Nc2ccc(F)c(-n3nnnc3C)c2)cc1Cl. The molecular weight excluding hydrogens is 357 g/mol. The van der Waals surface area contributed by atoms with E-state index in [1.807, 2.05) is 19.1 Å². The zero-order valence-corrected chi connectivity index (χ0v) is 14.8. The summed E-state index contributed by atoms with van der Waals surface area (Å²) in [5.74, 6) is -0.417. The number of nitrogens with zero attached hydrogens (tertiary/aromatic N) is 4. The Morgan fingerprint density at radius 3 is 2.73 bits per heavy atom. The van der Waals surface area contributed by atoms with Crippen molar-refractivity contribution >= 4 is 29.3 Å². The van der Waals surface area contributed by atoms with E-state index < -0.39 is 5.82 Å². The second-order valence-corrected chi connectivity index (χ2v) is 6.04. The number of nitrogens with one attached hydrogen (secondary N) is 1. The lowest BCUT2D eigenvalue weighted by atomic mass is 10.1. The van der Waals surface area contributed by atoms with Crippen molar-refractivity contribution < 1.29 is 9.18 Å². The van der Waals surface area contributed by atoms with Crippen molar-refractivity contribution in [2.24, 2.45) is 0 Å². The lowest BCUT2D eigenvalue weighted by molar-refractivity contribution is -0.111. The van der Waals surface area contributed by atoms with Gasteiger partial charge in [0.05, 0.1) is 0 Å². The summed E-state index contributed by atoms with van der Waals surface area (Å²) in [6, 6.07) is 9.69. The maximum absolute atomic E-state index is 14.0. The van der Waals surface area contributed by atoms with Crippen molar-refractivity contribution in [3.8, 4) is 5.69 Å². The first-order valence-corrected chi connectivity index (χ1v) is 8.12. The first-order valence-electron chi connectivity index (χ1n) is 7.74. The lowest BCUT2D eigenvalue weighted by Gasteiger charge is -2.07. The molecule has 2 aromatic carbocycles. The summed E-state index contributed by atoms with van der Waals surface area (Å²) in [6.45, 7) is 3.56. The highest BCUT2D eigenvalue weighted by atomic mass is 35.5. The van der Waals surface area contributed by atoms with E-state index in [9.17, 15) is 9.18 Å². The number of hydrogen-bond acceptors (Lipinski definition) is 4. The Morgan fingerprint density at radius 1 is 1.23 bits per heavy atom. The number of carbonyl (C=O) groups is 1. The van der Waals surface area contributed by atoms with Crippen LogP contribution < -0.4 is 5.32 Å². The van der Waals surface area contributed by atoms with Crippen LogP contribution in [0.4, 0.5) is 10.1 Å². The van der Waals surface area contributed by atoms with Gasteiger partial charge in [0.2, 0.25) is 5.91 Å². The normalized spacial score (nSPS) is 11.1. The van der Waals surface area contributed by atoms with E-state index in [4.69, 9.17) is 11.6 Å². The molecule has 0 saturated heterocycles. The van der Waals surface area contributed by atoms with E-state index in [0.29, 0.717) is 16.5 Å². The molecule has 132 valence electrons. The molecule has 8 heteroatoms. The van der Waals surface area contributed by atoms with Gasteiger partial charge in [-0.15, -0.1) is 5.10 Å². The Morgan fingerprint density at radius 2 is 2.04 bits per heavy atom. The number of carbonyl (C=O) groups excluding carboxylic acids is 1.